The van der Waals surface area contributed by atoms with Gasteiger partial charge in [-0.05, 0) is 74.1 Å². The van der Waals surface area contributed by atoms with Crippen LogP contribution in [0.1, 0.15) is 64.0 Å². The predicted octanol–water partition coefficient (Wildman–Crippen LogP) is 6.20. The number of rotatable bonds is 10. The molecule has 0 radical (unpaired) electrons. The lowest BCUT2D eigenvalue weighted by atomic mass is 9.79. The molecular formula is C24H38ClN4OP. The summed E-state index contributed by atoms with van der Waals surface area (Å²) in [4.78, 5) is 4.25. The van der Waals surface area contributed by atoms with Gasteiger partial charge in [0.2, 0.25) is 0 Å². The standard InChI is InChI=1S/C24H38ClN4OP/c1-7-24(4,5)20-10-9-19(18-11-13-28(6)14-12-18)15-21(20)29(16-26)23(31-8-2)22(27-30)17(3)25/h9-10,15-16,18,26-27,30-31H,3,7-8,11-14H2,1-2,4-6H3/b23-22+,26-16?. The Morgan fingerprint density at radius 2 is 2.03 bits per heavy atom. The number of piperidine rings is 1. The Morgan fingerprint density at radius 3 is 2.52 bits per heavy atom. The summed E-state index contributed by atoms with van der Waals surface area (Å²) >= 11 is 6.21. The van der Waals surface area contributed by atoms with E-state index in [2.05, 4.69) is 69.9 Å². The molecule has 0 aliphatic carbocycles. The Morgan fingerprint density at radius 1 is 1.39 bits per heavy atom. The van der Waals surface area contributed by atoms with Crippen LogP contribution < -0.4 is 10.4 Å². The van der Waals surface area contributed by atoms with Crippen molar-refractivity contribution in [3.05, 3.63) is 52.1 Å². The highest BCUT2D eigenvalue weighted by Gasteiger charge is 2.28. The Bertz CT molecular complexity index is 816. The number of nitrogens with one attached hydrogen (secondary N) is 2. The molecule has 1 fully saturated rings. The number of benzene rings is 1. The topological polar surface area (TPSA) is 62.6 Å². The van der Waals surface area contributed by atoms with Crippen molar-refractivity contribution in [3.8, 4) is 0 Å². The van der Waals surface area contributed by atoms with Gasteiger partial charge >= 0.3 is 0 Å². The van der Waals surface area contributed by atoms with Crippen LogP contribution in [0.3, 0.4) is 0 Å². The van der Waals surface area contributed by atoms with Gasteiger partial charge in [-0.1, -0.05) is 66.6 Å². The zero-order valence-corrected chi connectivity index (χ0v) is 21.3. The maximum Gasteiger partial charge on any atom is 0.102 e. The molecule has 1 unspecified atom stereocenters. The smallest absolute Gasteiger partial charge is 0.102 e. The van der Waals surface area contributed by atoms with E-state index in [1.807, 2.05) is 4.90 Å². The minimum Gasteiger partial charge on any atom is -0.306 e. The van der Waals surface area contributed by atoms with Crippen molar-refractivity contribution in [1.29, 1.82) is 5.41 Å². The van der Waals surface area contributed by atoms with Crippen LogP contribution in [-0.2, 0) is 5.41 Å². The molecule has 1 heterocycles. The fourth-order valence-corrected chi connectivity index (χ4v) is 5.35. The fraction of sp³-hybridized carbons (Fsp3) is 0.542. The van der Waals surface area contributed by atoms with E-state index in [4.69, 9.17) is 17.0 Å². The van der Waals surface area contributed by atoms with E-state index in [-0.39, 0.29) is 10.4 Å². The third-order valence-electron chi connectivity index (χ3n) is 6.42. The highest BCUT2D eigenvalue weighted by molar-refractivity contribution is 7.43. The van der Waals surface area contributed by atoms with Crippen LogP contribution in [0, 0.1) is 5.41 Å². The van der Waals surface area contributed by atoms with Crippen LogP contribution in [0.5, 0.6) is 0 Å². The molecule has 1 aliphatic rings. The molecule has 1 atom stereocenters. The number of allylic oxidation sites excluding steroid dienone is 1. The van der Waals surface area contributed by atoms with Crippen LogP contribution in [-0.4, -0.2) is 42.7 Å². The van der Waals surface area contributed by atoms with Crippen LogP contribution in [0.2, 0.25) is 0 Å². The van der Waals surface area contributed by atoms with E-state index in [1.165, 1.54) is 17.5 Å². The lowest BCUT2D eigenvalue weighted by Gasteiger charge is -2.35. The van der Waals surface area contributed by atoms with Gasteiger partial charge in [-0.25, -0.2) is 0 Å². The highest BCUT2D eigenvalue weighted by Crippen LogP contribution is 2.42. The lowest BCUT2D eigenvalue weighted by Crippen LogP contribution is -2.30. The van der Waals surface area contributed by atoms with Crippen molar-refractivity contribution >= 4 is 32.2 Å². The zero-order valence-electron chi connectivity index (χ0n) is 19.6. The molecule has 172 valence electrons. The van der Waals surface area contributed by atoms with Gasteiger partial charge in [-0.15, -0.1) is 0 Å². The third-order valence-corrected chi connectivity index (χ3v) is 7.79. The number of anilines is 1. The van der Waals surface area contributed by atoms with Crippen molar-refractivity contribution in [2.75, 3.05) is 31.2 Å². The second kappa shape index (κ2) is 11.5. The van der Waals surface area contributed by atoms with Gasteiger partial charge in [0.1, 0.15) is 5.70 Å². The SMILES string of the molecule is C=C(Cl)/C(NO)=C(\PCC)N(C=N)c1cc(C2CCN(C)CC2)ccc1C(C)(C)CC. The third kappa shape index (κ3) is 6.10. The van der Waals surface area contributed by atoms with E-state index in [9.17, 15) is 5.21 Å². The fourth-order valence-electron chi connectivity index (χ4n) is 4.06. The molecule has 1 aliphatic heterocycles. The Labute approximate surface area is 194 Å². The van der Waals surface area contributed by atoms with E-state index >= 15 is 0 Å². The molecular weight excluding hydrogens is 427 g/mol. The van der Waals surface area contributed by atoms with Gasteiger partial charge < -0.3 is 4.90 Å². The van der Waals surface area contributed by atoms with E-state index in [1.54, 1.807) is 0 Å². The van der Waals surface area contributed by atoms with E-state index in [0.29, 0.717) is 20.2 Å². The first-order valence-electron chi connectivity index (χ1n) is 11.1. The Hall–Kier alpha value is -1.39. The second-order valence-electron chi connectivity index (χ2n) is 8.86. The Balaban J connectivity index is 2.68. The summed E-state index contributed by atoms with van der Waals surface area (Å²) in [5.74, 6) is 0.515. The minimum atomic E-state index is -0.0624. The number of likely N-dealkylation sites (tertiary alicyclic amines) is 1. The first kappa shape index (κ1) is 25.9. The van der Waals surface area contributed by atoms with Crippen LogP contribution in [0.4, 0.5) is 5.69 Å². The zero-order chi connectivity index (χ0) is 23.2. The first-order chi connectivity index (χ1) is 14.7. The van der Waals surface area contributed by atoms with Gasteiger partial charge in [0.25, 0.3) is 0 Å². The molecule has 0 aromatic heterocycles. The molecule has 1 saturated heterocycles. The minimum absolute atomic E-state index is 0.0624. The molecule has 1 aromatic carbocycles. The number of hydrogen-bond donors (Lipinski definition) is 3. The van der Waals surface area contributed by atoms with Gasteiger partial charge in [-0.3, -0.25) is 21.0 Å². The summed E-state index contributed by atoms with van der Waals surface area (Å²) in [7, 11) is 2.54. The maximum atomic E-state index is 9.79. The largest absolute Gasteiger partial charge is 0.306 e. The molecule has 0 amide bonds. The average molecular weight is 465 g/mol. The summed E-state index contributed by atoms with van der Waals surface area (Å²) in [5.41, 5.74) is 6.80. The number of hydroxylamine groups is 1. The van der Waals surface area contributed by atoms with E-state index < -0.39 is 0 Å². The summed E-state index contributed by atoms with van der Waals surface area (Å²) in [5, 5.41) is 18.3. The molecule has 2 rings (SSSR count). The summed E-state index contributed by atoms with van der Waals surface area (Å²) in [6, 6.07) is 6.75. The summed E-state index contributed by atoms with van der Waals surface area (Å²) in [6.45, 7) is 14.8. The number of halogens is 1. The summed E-state index contributed by atoms with van der Waals surface area (Å²) < 4.78 is 0. The maximum absolute atomic E-state index is 9.79. The van der Waals surface area contributed by atoms with Gasteiger partial charge in [0, 0.05) is 0 Å². The van der Waals surface area contributed by atoms with Crippen LogP contribution in [0.25, 0.3) is 0 Å². The Kier molecular flexibility index (Phi) is 9.57. The number of nitrogens with zero attached hydrogens (tertiary/aromatic N) is 2. The molecule has 3 N–H and O–H groups in total. The lowest BCUT2D eigenvalue weighted by molar-refractivity contribution is 0.203. The van der Waals surface area contributed by atoms with Gasteiger partial charge in [0.15, 0.2) is 0 Å². The first-order valence-corrected chi connectivity index (χ1v) is 12.6. The van der Waals surface area contributed by atoms with Crippen LogP contribution in [0.15, 0.2) is 40.9 Å². The quantitative estimate of drug-likeness (QED) is 0.127. The van der Waals surface area contributed by atoms with Crippen molar-refractivity contribution < 1.29 is 5.21 Å². The van der Waals surface area contributed by atoms with Crippen molar-refractivity contribution in [3.63, 3.8) is 0 Å². The average Bonchev–Trinajstić information content (AvgIpc) is 2.75. The molecule has 0 spiro atoms. The highest BCUT2D eigenvalue weighted by atomic mass is 35.5. The number of hydrogen-bond acceptors (Lipinski definition) is 4. The monoisotopic (exact) mass is 464 g/mol. The van der Waals surface area contributed by atoms with Crippen molar-refractivity contribution in [2.45, 2.75) is 58.3 Å². The molecule has 31 heavy (non-hydrogen) atoms. The molecule has 5 nitrogen and oxygen atoms in total. The van der Waals surface area contributed by atoms with Crippen molar-refractivity contribution in [1.82, 2.24) is 10.4 Å². The summed E-state index contributed by atoms with van der Waals surface area (Å²) in [6.07, 6.45) is 5.45. The van der Waals surface area contributed by atoms with Gasteiger partial charge in [-0.2, -0.15) is 0 Å². The normalized spacial score (nSPS) is 17.0. The predicted molar refractivity (Wildman–Crippen MR) is 136 cm³/mol. The van der Waals surface area contributed by atoms with Gasteiger partial charge in [0.05, 0.1) is 22.5 Å². The second-order valence-corrected chi connectivity index (χ2v) is 10.9. The molecule has 0 saturated carbocycles. The molecule has 7 heteroatoms. The molecule has 1 aromatic rings. The van der Waals surface area contributed by atoms with Crippen molar-refractivity contribution in [2.24, 2.45) is 0 Å². The van der Waals surface area contributed by atoms with Crippen LogP contribution >= 0.6 is 20.2 Å². The molecule has 0 bridgehead atoms. The van der Waals surface area contributed by atoms with E-state index in [0.717, 1.165) is 49.6 Å².